The van der Waals surface area contributed by atoms with Crippen LogP contribution in [0, 0.1) is 5.92 Å². The van der Waals surface area contributed by atoms with Gasteiger partial charge in [-0.3, -0.25) is 29.4 Å². The second-order valence-electron chi connectivity index (χ2n) is 7.92. The van der Waals surface area contributed by atoms with Crippen molar-refractivity contribution in [3.05, 3.63) is 63.0 Å². The van der Waals surface area contributed by atoms with Crippen LogP contribution in [-0.4, -0.2) is 51.2 Å². The van der Waals surface area contributed by atoms with E-state index in [1.165, 1.54) is 16.8 Å². The molecule has 164 valence electrons. The van der Waals surface area contributed by atoms with Gasteiger partial charge in [0, 0.05) is 25.3 Å². The average molecular weight is 435 g/mol. The first-order valence-electron chi connectivity index (χ1n) is 10.4. The molecule has 1 fully saturated rings. The first-order valence-corrected chi connectivity index (χ1v) is 10.4. The molecule has 1 aliphatic heterocycles. The molecule has 4 N–H and O–H groups in total. The van der Waals surface area contributed by atoms with Gasteiger partial charge < -0.3 is 10.6 Å². The van der Waals surface area contributed by atoms with Crippen molar-refractivity contribution in [2.24, 2.45) is 11.0 Å². The second kappa shape index (κ2) is 7.91. The Balaban J connectivity index is 1.19. The standard InChI is InChI=1S/C21H21N7O4/c29-18(22-7-8-23-20(31)16-13-3-1-2-4-15(13)26-27-16)11-9-14-17(24-10-11)28(12-5-6-12)21(32)25-19(14)30/h1-4,9-10,12-13,16,27H,5-8H2,(H,22,29)(H,23,31)(H,25,30,32). The van der Waals surface area contributed by atoms with Crippen molar-refractivity contribution in [1.82, 2.24) is 30.6 Å². The van der Waals surface area contributed by atoms with Crippen molar-refractivity contribution < 1.29 is 9.59 Å². The minimum atomic E-state index is -0.575. The molecular weight excluding hydrogens is 414 g/mol. The molecule has 2 aliphatic carbocycles. The Hall–Kier alpha value is -4.02. The Bertz CT molecular complexity index is 1320. The van der Waals surface area contributed by atoms with Gasteiger partial charge in [-0.2, -0.15) is 5.10 Å². The Morgan fingerprint density at radius 3 is 2.78 bits per heavy atom. The molecular formula is C21H21N7O4. The molecule has 3 aliphatic rings. The highest BCUT2D eigenvalue weighted by Crippen LogP contribution is 2.34. The number of nitrogens with zero attached hydrogens (tertiary/aromatic N) is 3. The number of aromatic amines is 1. The van der Waals surface area contributed by atoms with E-state index in [-0.39, 0.29) is 47.6 Å². The number of carbonyl (C=O) groups excluding carboxylic acids is 2. The number of hydrogen-bond donors (Lipinski definition) is 4. The Labute approximate surface area is 181 Å². The lowest BCUT2D eigenvalue weighted by Gasteiger charge is -2.17. The number of hydrogen-bond acceptors (Lipinski definition) is 7. The van der Waals surface area contributed by atoms with Gasteiger partial charge in [-0.15, -0.1) is 0 Å². The van der Waals surface area contributed by atoms with Crippen LogP contribution < -0.4 is 27.3 Å². The molecule has 5 rings (SSSR count). The molecule has 2 aromatic heterocycles. The van der Waals surface area contributed by atoms with Crippen LogP contribution in [-0.2, 0) is 4.79 Å². The predicted octanol–water partition coefficient (Wildman–Crippen LogP) is -0.664. The summed E-state index contributed by atoms with van der Waals surface area (Å²) < 4.78 is 1.47. The van der Waals surface area contributed by atoms with Crippen molar-refractivity contribution in [1.29, 1.82) is 0 Å². The number of carbonyl (C=O) groups is 2. The van der Waals surface area contributed by atoms with Crippen molar-refractivity contribution in [2.75, 3.05) is 13.1 Å². The number of aromatic nitrogens is 3. The molecule has 0 aromatic carbocycles. The van der Waals surface area contributed by atoms with Crippen LogP contribution in [0.1, 0.15) is 29.2 Å². The van der Waals surface area contributed by atoms with E-state index < -0.39 is 23.2 Å². The molecule has 2 unspecified atom stereocenters. The van der Waals surface area contributed by atoms with Gasteiger partial charge in [-0.25, -0.2) is 9.78 Å². The topological polar surface area (TPSA) is 150 Å². The molecule has 2 atom stereocenters. The largest absolute Gasteiger partial charge is 0.352 e. The monoisotopic (exact) mass is 435 g/mol. The van der Waals surface area contributed by atoms with Crippen molar-refractivity contribution >= 4 is 28.6 Å². The molecule has 0 saturated heterocycles. The van der Waals surface area contributed by atoms with Crippen molar-refractivity contribution in [2.45, 2.75) is 24.9 Å². The van der Waals surface area contributed by atoms with Gasteiger partial charge in [0.15, 0.2) is 0 Å². The Morgan fingerprint density at radius 1 is 1.16 bits per heavy atom. The highest BCUT2D eigenvalue weighted by atomic mass is 16.2. The summed E-state index contributed by atoms with van der Waals surface area (Å²) in [5.41, 5.74) is 3.07. The van der Waals surface area contributed by atoms with E-state index in [9.17, 15) is 19.2 Å². The molecule has 3 heterocycles. The zero-order valence-electron chi connectivity index (χ0n) is 17.0. The maximum atomic E-state index is 12.5. The molecule has 11 nitrogen and oxygen atoms in total. The van der Waals surface area contributed by atoms with Gasteiger partial charge in [-0.05, 0) is 25.0 Å². The van der Waals surface area contributed by atoms with Gasteiger partial charge in [0.25, 0.3) is 11.5 Å². The fourth-order valence-electron chi connectivity index (χ4n) is 3.89. The van der Waals surface area contributed by atoms with Crippen LogP contribution in [0.25, 0.3) is 11.0 Å². The van der Waals surface area contributed by atoms with Gasteiger partial charge in [-0.1, -0.05) is 18.2 Å². The highest BCUT2D eigenvalue weighted by Gasteiger charge is 2.34. The number of allylic oxidation sites excluding steroid dienone is 3. The van der Waals surface area contributed by atoms with Crippen molar-refractivity contribution in [3.8, 4) is 0 Å². The van der Waals surface area contributed by atoms with E-state index in [1.54, 1.807) is 0 Å². The lowest BCUT2D eigenvalue weighted by Crippen LogP contribution is -2.46. The molecule has 2 amide bonds. The van der Waals surface area contributed by atoms with Gasteiger partial charge in [0.05, 0.1) is 22.6 Å². The number of pyridine rings is 1. The Kier molecular flexibility index (Phi) is 4.92. The summed E-state index contributed by atoms with van der Waals surface area (Å²) in [6.45, 7) is 0.425. The summed E-state index contributed by atoms with van der Waals surface area (Å²) in [7, 11) is 0. The number of rotatable bonds is 6. The van der Waals surface area contributed by atoms with Crippen LogP contribution >= 0.6 is 0 Å². The number of hydrazone groups is 1. The van der Waals surface area contributed by atoms with E-state index in [2.05, 4.69) is 31.1 Å². The van der Waals surface area contributed by atoms with Crippen LogP contribution in [0.3, 0.4) is 0 Å². The van der Waals surface area contributed by atoms with Gasteiger partial charge in [0.2, 0.25) is 5.91 Å². The molecule has 2 aromatic rings. The minimum absolute atomic E-state index is 0.0357. The number of nitrogens with one attached hydrogen (secondary N) is 4. The summed E-state index contributed by atoms with van der Waals surface area (Å²) in [4.78, 5) is 55.7. The predicted molar refractivity (Wildman–Crippen MR) is 116 cm³/mol. The zero-order valence-corrected chi connectivity index (χ0v) is 17.0. The highest BCUT2D eigenvalue weighted by molar-refractivity contribution is 6.04. The first-order chi connectivity index (χ1) is 15.5. The van der Waals surface area contributed by atoms with E-state index in [0.717, 1.165) is 18.6 Å². The molecule has 1 saturated carbocycles. The lowest BCUT2D eigenvalue weighted by molar-refractivity contribution is -0.123. The quantitative estimate of drug-likeness (QED) is 0.442. The first kappa shape index (κ1) is 19.9. The van der Waals surface area contributed by atoms with Crippen LogP contribution in [0.4, 0.5) is 0 Å². The maximum absolute atomic E-state index is 12.5. The third-order valence-electron chi connectivity index (χ3n) is 5.68. The fraction of sp³-hybridized carbons (Fsp3) is 0.333. The number of amides is 2. The molecule has 0 spiro atoms. The maximum Gasteiger partial charge on any atom is 0.330 e. The molecule has 11 heteroatoms. The average Bonchev–Trinajstić information content (AvgIpc) is 3.53. The zero-order chi connectivity index (χ0) is 22.2. The fourth-order valence-corrected chi connectivity index (χ4v) is 3.89. The number of fused-ring (bicyclic) bond motifs is 2. The molecule has 32 heavy (non-hydrogen) atoms. The van der Waals surface area contributed by atoms with E-state index in [4.69, 9.17) is 0 Å². The molecule has 0 radical (unpaired) electrons. The van der Waals surface area contributed by atoms with Crippen LogP contribution in [0.15, 0.2) is 51.3 Å². The lowest BCUT2D eigenvalue weighted by atomic mass is 9.92. The van der Waals surface area contributed by atoms with E-state index in [0.29, 0.717) is 0 Å². The summed E-state index contributed by atoms with van der Waals surface area (Å²) in [5.74, 6) is -0.744. The van der Waals surface area contributed by atoms with E-state index >= 15 is 0 Å². The third kappa shape index (κ3) is 3.61. The third-order valence-corrected chi connectivity index (χ3v) is 5.68. The van der Waals surface area contributed by atoms with Gasteiger partial charge in [0.1, 0.15) is 11.7 Å². The SMILES string of the molecule is O=C(NCCNC(=O)C1NN=C2C=CC=CC21)c1cnc2c(c1)c(=O)[nH]c(=O)n2C1CC1. The number of H-pyrrole nitrogens is 1. The van der Waals surface area contributed by atoms with Crippen LogP contribution in [0.2, 0.25) is 0 Å². The second-order valence-corrected chi connectivity index (χ2v) is 7.92. The summed E-state index contributed by atoms with van der Waals surface area (Å²) in [6, 6.07) is 0.980. The van der Waals surface area contributed by atoms with E-state index in [1.807, 2.05) is 24.3 Å². The summed E-state index contributed by atoms with van der Waals surface area (Å²) >= 11 is 0. The summed E-state index contributed by atoms with van der Waals surface area (Å²) in [6.07, 6.45) is 10.6. The van der Waals surface area contributed by atoms with Crippen molar-refractivity contribution in [3.63, 3.8) is 0 Å². The molecule has 0 bridgehead atoms. The van der Waals surface area contributed by atoms with Gasteiger partial charge >= 0.3 is 5.69 Å². The minimum Gasteiger partial charge on any atom is -0.352 e. The Morgan fingerprint density at radius 2 is 1.97 bits per heavy atom. The smallest absolute Gasteiger partial charge is 0.330 e. The summed E-state index contributed by atoms with van der Waals surface area (Å²) in [5, 5.41) is 9.82. The van der Waals surface area contributed by atoms with Crippen LogP contribution in [0.5, 0.6) is 0 Å². The normalized spacial score (nSPS) is 21.1.